The van der Waals surface area contributed by atoms with Crippen LogP contribution < -0.4 is 4.40 Å². The van der Waals surface area contributed by atoms with Crippen LogP contribution in [0.15, 0.2) is 0 Å². The topological polar surface area (TPSA) is 49.3 Å². The maximum atomic E-state index is 9.16. The molecule has 0 aromatic heterocycles. The average Bonchev–Trinajstić information content (AvgIpc) is 1.38. The van der Waals surface area contributed by atoms with E-state index in [0.717, 1.165) is 0 Å². The maximum absolute atomic E-state index is 9.16. The van der Waals surface area contributed by atoms with Crippen LogP contribution in [0.3, 0.4) is 0 Å². The second-order valence-corrected chi connectivity index (χ2v) is 0.631. The van der Waals surface area contributed by atoms with E-state index in [1.165, 1.54) is 0 Å². The third-order valence-electron chi connectivity index (χ3n) is 0.0676. The van der Waals surface area contributed by atoms with E-state index in [2.05, 4.69) is 15.7 Å². The SMILES string of the molecule is O=C(O)[NH][Ni]. The Kier molecular flexibility index (Phi) is 1.93. The van der Waals surface area contributed by atoms with Crippen molar-refractivity contribution < 1.29 is 25.6 Å². The normalized spacial score (nSPS) is 6.80. The molecule has 0 saturated heterocycles. The van der Waals surface area contributed by atoms with Gasteiger partial charge in [0.2, 0.25) is 0 Å². The van der Waals surface area contributed by atoms with Gasteiger partial charge in [0.05, 0.1) is 0 Å². The molecule has 5 heavy (non-hydrogen) atoms. The Labute approximate surface area is 36.9 Å². The van der Waals surface area contributed by atoms with Crippen LogP contribution in [0, 0.1) is 0 Å². The molecule has 0 fully saturated rings. The van der Waals surface area contributed by atoms with Gasteiger partial charge in [0.25, 0.3) is 0 Å². The van der Waals surface area contributed by atoms with E-state index < -0.39 is 6.09 Å². The molecule has 0 heterocycles. The van der Waals surface area contributed by atoms with Crippen molar-refractivity contribution >= 4 is 6.09 Å². The molecule has 0 aromatic carbocycles. The van der Waals surface area contributed by atoms with Gasteiger partial charge in [-0.1, -0.05) is 0 Å². The Bertz CT molecular complexity index is 44.9. The number of rotatable bonds is 0. The van der Waals surface area contributed by atoms with E-state index in [0.29, 0.717) is 0 Å². The van der Waals surface area contributed by atoms with Crippen molar-refractivity contribution in [3.8, 4) is 0 Å². The van der Waals surface area contributed by atoms with Gasteiger partial charge in [0, 0.05) is 0 Å². The van der Waals surface area contributed by atoms with Gasteiger partial charge in [-0.05, 0) is 0 Å². The summed E-state index contributed by atoms with van der Waals surface area (Å²) < 4.78 is 1.57. The zero-order valence-electron chi connectivity index (χ0n) is 2.17. The minimum absolute atomic E-state index is 1.16. The van der Waals surface area contributed by atoms with Crippen LogP contribution in [0.1, 0.15) is 0 Å². The number of carboxylic acid groups (broad SMARTS) is 1. The monoisotopic (exact) mass is 118 g/mol. The molecule has 3 nitrogen and oxygen atoms in total. The van der Waals surface area contributed by atoms with Crippen molar-refractivity contribution in [2.45, 2.75) is 0 Å². The first kappa shape index (κ1) is 4.76. The van der Waals surface area contributed by atoms with E-state index in [-0.39, 0.29) is 0 Å². The first-order valence-electron chi connectivity index (χ1n) is 0.836. The summed E-state index contributed by atoms with van der Waals surface area (Å²) in [7, 11) is 0. The predicted molar refractivity (Wildman–Crippen MR) is 11.2 cm³/mol. The molecule has 0 unspecified atom stereocenters. The Hall–Kier alpha value is -0.236. The van der Waals surface area contributed by atoms with Crippen LogP contribution in [-0.2, 0) is 15.7 Å². The van der Waals surface area contributed by atoms with Gasteiger partial charge in [0.1, 0.15) is 0 Å². The van der Waals surface area contributed by atoms with Crippen LogP contribution in [0.5, 0.6) is 0 Å². The molecule has 0 aliphatic heterocycles. The molecular formula is CH2NNiO2. The van der Waals surface area contributed by atoms with Crippen LogP contribution in [0.25, 0.3) is 0 Å². The molecule has 1 amide bonds. The summed E-state index contributed by atoms with van der Waals surface area (Å²) in [6.45, 7) is 0. The molecule has 33 valence electrons. The van der Waals surface area contributed by atoms with Gasteiger partial charge < -0.3 is 0 Å². The predicted octanol–water partition coefficient (Wildman–Crippen LogP) is -0.284. The van der Waals surface area contributed by atoms with Crippen molar-refractivity contribution in [3.05, 3.63) is 0 Å². The molecule has 0 saturated carbocycles. The van der Waals surface area contributed by atoms with E-state index in [1.807, 2.05) is 0 Å². The molecule has 0 spiro atoms. The van der Waals surface area contributed by atoms with Crippen LogP contribution in [-0.4, -0.2) is 11.2 Å². The van der Waals surface area contributed by atoms with Gasteiger partial charge in [-0.15, -0.1) is 0 Å². The average molecular weight is 119 g/mol. The molecule has 0 atom stereocenters. The fourth-order valence-corrected chi connectivity index (χ4v) is 0. The fourth-order valence-electron chi connectivity index (χ4n) is 0. The Morgan fingerprint density at radius 2 is 2.20 bits per heavy atom. The van der Waals surface area contributed by atoms with Gasteiger partial charge >= 0.3 is 36.1 Å². The minimum atomic E-state index is -1.16. The molecular weight excluding hydrogens is 117 g/mol. The number of amides is 1. The van der Waals surface area contributed by atoms with Crippen molar-refractivity contribution in [1.82, 2.24) is 4.40 Å². The molecule has 0 aliphatic carbocycles. The van der Waals surface area contributed by atoms with Crippen molar-refractivity contribution in [2.75, 3.05) is 0 Å². The first-order valence-corrected chi connectivity index (χ1v) is 1.33. The Morgan fingerprint density at radius 1 is 2.00 bits per heavy atom. The standard InChI is InChI=1S/CH2NO2.Ni/c2-1(3)4;/h2H,(H,3,4);/q-1;+1. The third kappa shape index (κ3) is 3.76. The summed E-state index contributed by atoms with van der Waals surface area (Å²) in [6.07, 6.45) is -1.16. The van der Waals surface area contributed by atoms with Gasteiger partial charge in [-0.25, -0.2) is 0 Å². The van der Waals surface area contributed by atoms with E-state index >= 15 is 0 Å². The molecule has 0 rings (SSSR count). The van der Waals surface area contributed by atoms with Crippen molar-refractivity contribution in [3.63, 3.8) is 0 Å². The van der Waals surface area contributed by atoms with Crippen LogP contribution in [0.4, 0.5) is 4.79 Å². The molecule has 0 aromatic rings. The summed E-state index contributed by atoms with van der Waals surface area (Å²) in [5.74, 6) is 0. The summed E-state index contributed by atoms with van der Waals surface area (Å²) in [6, 6.07) is 0. The zero-order chi connectivity index (χ0) is 4.28. The van der Waals surface area contributed by atoms with Gasteiger partial charge in [0.15, 0.2) is 0 Å². The second kappa shape index (κ2) is 2.03. The molecule has 4 heteroatoms. The van der Waals surface area contributed by atoms with Crippen molar-refractivity contribution in [1.29, 1.82) is 0 Å². The first-order chi connectivity index (χ1) is 2.27. The molecule has 0 radical (unpaired) electrons. The molecule has 0 aliphatic rings. The molecule has 0 bridgehead atoms. The Morgan fingerprint density at radius 3 is 2.20 bits per heavy atom. The summed E-state index contributed by atoms with van der Waals surface area (Å²) in [5, 5.41) is 7.52. The van der Waals surface area contributed by atoms with Crippen molar-refractivity contribution in [2.24, 2.45) is 0 Å². The van der Waals surface area contributed by atoms with Crippen LogP contribution >= 0.6 is 0 Å². The van der Waals surface area contributed by atoms with E-state index in [4.69, 9.17) is 9.90 Å². The van der Waals surface area contributed by atoms with E-state index in [9.17, 15) is 0 Å². The third-order valence-corrected chi connectivity index (χ3v) is 0.279. The number of hydrogen-bond acceptors (Lipinski definition) is 1. The summed E-state index contributed by atoms with van der Waals surface area (Å²) in [5.41, 5.74) is 0. The summed E-state index contributed by atoms with van der Waals surface area (Å²) >= 11 is 3.58. The quantitative estimate of drug-likeness (QED) is 0.430. The van der Waals surface area contributed by atoms with E-state index in [1.54, 1.807) is 4.40 Å². The molecule has 2 N–H and O–H groups in total. The second-order valence-electron chi connectivity index (χ2n) is 0.384. The number of carbonyl (C=O) groups is 1. The fraction of sp³-hybridized carbons (Fsp3) is 0. The number of nitrogens with one attached hydrogen (secondary N) is 1. The Balaban J connectivity index is 2.85. The number of hydrogen-bond donors (Lipinski definition) is 2. The van der Waals surface area contributed by atoms with Gasteiger partial charge in [-0.2, -0.15) is 0 Å². The zero-order valence-corrected chi connectivity index (χ0v) is 3.16. The van der Waals surface area contributed by atoms with Gasteiger partial charge in [-0.3, -0.25) is 0 Å². The summed E-state index contributed by atoms with van der Waals surface area (Å²) in [4.78, 5) is 9.16. The van der Waals surface area contributed by atoms with Crippen LogP contribution in [0.2, 0.25) is 0 Å².